The van der Waals surface area contributed by atoms with Crippen LogP contribution in [0, 0.1) is 11.3 Å². The number of rotatable bonds is 5. The van der Waals surface area contributed by atoms with Crippen LogP contribution >= 0.6 is 11.3 Å². The molecule has 1 heterocycles. The van der Waals surface area contributed by atoms with Gasteiger partial charge in [0.2, 0.25) is 0 Å². The molecule has 1 aliphatic carbocycles. The SMILES string of the molecule is CCC(CC#N)NC(C)c1cc2c(s1)CCCC2. The van der Waals surface area contributed by atoms with Gasteiger partial charge >= 0.3 is 0 Å². The van der Waals surface area contributed by atoms with Crippen LogP contribution < -0.4 is 5.32 Å². The molecule has 2 atom stereocenters. The number of hydrogen-bond acceptors (Lipinski definition) is 3. The molecule has 18 heavy (non-hydrogen) atoms. The van der Waals surface area contributed by atoms with Crippen LogP contribution in [0.25, 0.3) is 0 Å². The van der Waals surface area contributed by atoms with Crippen molar-refractivity contribution in [2.24, 2.45) is 0 Å². The zero-order valence-corrected chi connectivity index (χ0v) is 12.1. The maximum atomic E-state index is 8.80. The normalized spacial score (nSPS) is 17.8. The number of fused-ring (bicyclic) bond motifs is 1. The third kappa shape index (κ3) is 3.13. The van der Waals surface area contributed by atoms with Crippen molar-refractivity contribution >= 4 is 11.3 Å². The Kier molecular flexibility index (Phi) is 4.79. The number of hydrogen-bond donors (Lipinski definition) is 1. The fourth-order valence-corrected chi connectivity index (χ4v) is 3.86. The first kappa shape index (κ1) is 13.6. The Morgan fingerprint density at radius 1 is 1.44 bits per heavy atom. The molecule has 0 radical (unpaired) electrons. The van der Waals surface area contributed by atoms with Gasteiger partial charge in [0, 0.05) is 21.8 Å². The molecule has 98 valence electrons. The van der Waals surface area contributed by atoms with Crippen LogP contribution in [0.5, 0.6) is 0 Å². The van der Waals surface area contributed by atoms with Gasteiger partial charge in [0.15, 0.2) is 0 Å². The molecule has 0 bridgehead atoms. The molecule has 2 nitrogen and oxygen atoms in total. The van der Waals surface area contributed by atoms with Crippen LogP contribution in [0.4, 0.5) is 0 Å². The van der Waals surface area contributed by atoms with Gasteiger partial charge < -0.3 is 5.32 Å². The van der Waals surface area contributed by atoms with Crippen molar-refractivity contribution in [2.75, 3.05) is 0 Å². The van der Waals surface area contributed by atoms with Gasteiger partial charge in [-0.05, 0) is 50.7 Å². The van der Waals surface area contributed by atoms with Crippen LogP contribution in [-0.2, 0) is 12.8 Å². The van der Waals surface area contributed by atoms with Crippen molar-refractivity contribution in [1.29, 1.82) is 5.26 Å². The molecule has 0 aromatic carbocycles. The van der Waals surface area contributed by atoms with Gasteiger partial charge in [0.25, 0.3) is 0 Å². The van der Waals surface area contributed by atoms with Gasteiger partial charge in [-0.2, -0.15) is 5.26 Å². The molecule has 0 saturated carbocycles. The molecule has 3 heteroatoms. The summed E-state index contributed by atoms with van der Waals surface area (Å²) in [5.74, 6) is 0. The van der Waals surface area contributed by atoms with Gasteiger partial charge in [-0.15, -0.1) is 11.3 Å². The number of thiophene rings is 1. The highest BCUT2D eigenvalue weighted by atomic mass is 32.1. The van der Waals surface area contributed by atoms with Crippen LogP contribution in [0.15, 0.2) is 6.07 Å². The van der Waals surface area contributed by atoms with Crippen molar-refractivity contribution in [3.05, 3.63) is 21.4 Å². The minimum Gasteiger partial charge on any atom is -0.306 e. The Labute approximate surface area is 114 Å². The first-order valence-electron chi connectivity index (χ1n) is 6.99. The molecule has 0 aliphatic heterocycles. The van der Waals surface area contributed by atoms with E-state index >= 15 is 0 Å². The van der Waals surface area contributed by atoms with Crippen LogP contribution in [0.1, 0.15) is 60.9 Å². The molecule has 1 aromatic rings. The maximum Gasteiger partial charge on any atom is 0.0638 e. The van der Waals surface area contributed by atoms with E-state index in [1.807, 2.05) is 11.3 Å². The summed E-state index contributed by atoms with van der Waals surface area (Å²) >= 11 is 1.97. The number of aryl methyl sites for hydroxylation is 2. The lowest BCUT2D eigenvalue weighted by atomic mass is 9.99. The van der Waals surface area contributed by atoms with Crippen molar-refractivity contribution in [1.82, 2.24) is 5.32 Å². The highest BCUT2D eigenvalue weighted by molar-refractivity contribution is 7.12. The van der Waals surface area contributed by atoms with E-state index in [-0.39, 0.29) is 0 Å². The summed E-state index contributed by atoms with van der Waals surface area (Å²) in [6.45, 7) is 4.36. The molecule has 2 unspecified atom stereocenters. The summed E-state index contributed by atoms with van der Waals surface area (Å²) in [6, 6.07) is 5.35. The molecule has 1 aromatic heterocycles. The lowest BCUT2D eigenvalue weighted by Crippen LogP contribution is -2.30. The predicted molar refractivity (Wildman–Crippen MR) is 76.8 cm³/mol. The average molecular weight is 262 g/mol. The maximum absolute atomic E-state index is 8.80. The Hall–Kier alpha value is -0.850. The lowest BCUT2D eigenvalue weighted by Gasteiger charge is -2.19. The average Bonchev–Trinajstić information content (AvgIpc) is 2.82. The second kappa shape index (κ2) is 6.36. The van der Waals surface area contributed by atoms with Gasteiger partial charge in [-0.3, -0.25) is 0 Å². The fourth-order valence-electron chi connectivity index (χ4n) is 2.59. The lowest BCUT2D eigenvalue weighted by molar-refractivity contribution is 0.451. The summed E-state index contributed by atoms with van der Waals surface area (Å²) < 4.78 is 0. The van der Waals surface area contributed by atoms with Crippen molar-refractivity contribution in [2.45, 2.75) is 64.5 Å². The second-order valence-electron chi connectivity index (χ2n) is 5.16. The van der Waals surface area contributed by atoms with Crippen molar-refractivity contribution < 1.29 is 0 Å². The van der Waals surface area contributed by atoms with E-state index in [1.54, 1.807) is 10.4 Å². The topological polar surface area (TPSA) is 35.8 Å². The molecule has 0 amide bonds. The molecular formula is C15H22N2S. The van der Waals surface area contributed by atoms with Gasteiger partial charge in [0.05, 0.1) is 12.5 Å². The van der Waals surface area contributed by atoms with E-state index in [1.165, 1.54) is 30.6 Å². The van der Waals surface area contributed by atoms with Crippen molar-refractivity contribution in [3.63, 3.8) is 0 Å². The van der Waals surface area contributed by atoms with Crippen LogP contribution in [0.3, 0.4) is 0 Å². The monoisotopic (exact) mass is 262 g/mol. The minimum absolute atomic E-state index is 0.323. The molecule has 0 saturated heterocycles. The number of nitrogens with zero attached hydrogens (tertiary/aromatic N) is 1. The predicted octanol–water partition coefficient (Wildman–Crippen LogP) is 3.97. The summed E-state index contributed by atoms with van der Waals surface area (Å²) in [5.41, 5.74) is 1.57. The summed E-state index contributed by atoms with van der Waals surface area (Å²) in [7, 11) is 0. The Balaban J connectivity index is 2.02. The molecule has 1 N–H and O–H groups in total. The summed E-state index contributed by atoms with van der Waals surface area (Å²) in [5, 5.41) is 12.4. The van der Waals surface area contributed by atoms with Crippen LogP contribution in [0.2, 0.25) is 0 Å². The standard InChI is InChI=1S/C15H22N2S/c1-3-13(8-9-16)17-11(2)15-10-12-6-4-5-7-14(12)18-15/h10-11,13,17H,3-8H2,1-2H3. The summed E-state index contributed by atoms with van der Waals surface area (Å²) in [6.07, 6.45) is 6.84. The van der Waals surface area contributed by atoms with E-state index in [0.29, 0.717) is 18.5 Å². The van der Waals surface area contributed by atoms with Gasteiger partial charge in [-0.25, -0.2) is 0 Å². The second-order valence-corrected chi connectivity index (χ2v) is 6.33. The smallest absolute Gasteiger partial charge is 0.0638 e. The third-order valence-corrected chi connectivity index (χ3v) is 5.18. The van der Waals surface area contributed by atoms with Gasteiger partial charge in [-0.1, -0.05) is 6.92 Å². The molecule has 1 aliphatic rings. The molecular weight excluding hydrogens is 240 g/mol. The van der Waals surface area contributed by atoms with Crippen molar-refractivity contribution in [3.8, 4) is 6.07 Å². The van der Waals surface area contributed by atoms with E-state index in [2.05, 4.69) is 31.3 Å². The van der Waals surface area contributed by atoms with E-state index in [4.69, 9.17) is 5.26 Å². The Morgan fingerprint density at radius 3 is 2.89 bits per heavy atom. The first-order valence-corrected chi connectivity index (χ1v) is 7.80. The fraction of sp³-hybridized carbons (Fsp3) is 0.667. The zero-order valence-electron chi connectivity index (χ0n) is 11.3. The number of nitrogens with one attached hydrogen (secondary N) is 1. The molecule has 0 fully saturated rings. The van der Waals surface area contributed by atoms with Gasteiger partial charge in [0.1, 0.15) is 0 Å². The summed E-state index contributed by atoms with van der Waals surface area (Å²) in [4.78, 5) is 3.04. The first-order chi connectivity index (χ1) is 8.74. The van der Waals surface area contributed by atoms with E-state index in [9.17, 15) is 0 Å². The largest absolute Gasteiger partial charge is 0.306 e. The zero-order chi connectivity index (χ0) is 13.0. The number of nitriles is 1. The Bertz CT molecular complexity index is 407. The highest BCUT2D eigenvalue weighted by Gasteiger charge is 2.18. The van der Waals surface area contributed by atoms with Crippen LogP contribution in [-0.4, -0.2) is 6.04 Å². The molecule has 2 rings (SSSR count). The molecule has 0 spiro atoms. The highest BCUT2D eigenvalue weighted by Crippen LogP contribution is 2.33. The minimum atomic E-state index is 0.323. The Morgan fingerprint density at radius 2 is 2.22 bits per heavy atom. The van der Waals surface area contributed by atoms with E-state index < -0.39 is 0 Å². The third-order valence-electron chi connectivity index (χ3n) is 3.76. The van der Waals surface area contributed by atoms with E-state index in [0.717, 1.165) is 6.42 Å². The quantitative estimate of drug-likeness (QED) is 0.871.